The van der Waals surface area contributed by atoms with E-state index in [4.69, 9.17) is 4.74 Å². The van der Waals surface area contributed by atoms with Crippen LogP contribution >= 0.6 is 11.8 Å². The Balaban J connectivity index is 2.34. The van der Waals surface area contributed by atoms with Gasteiger partial charge in [0.1, 0.15) is 11.6 Å². The first kappa shape index (κ1) is 15.9. The van der Waals surface area contributed by atoms with Crippen LogP contribution in [-0.4, -0.2) is 14.2 Å². The molecule has 21 heavy (non-hydrogen) atoms. The van der Waals surface area contributed by atoms with Crippen LogP contribution in [0.4, 0.5) is 4.39 Å². The summed E-state index contributed by atoms with van der Waals surface area (Å²) in [5.41, 5.74) is 1.64. The van der Waals surface area contributed by atoms with Gasteiger partial charge in [0.25, 0.3) is 0 Å². The third kappa shape index (κ3) is 3.77. The summed E-state index contributed by atoms with van der Waals surface area (Å²) in [4.78, 5) is 2.17. The van der Waals surface area contributed by atoms with Crippen molar-refractivity contribution in [1.29, 1.82) is 0 Å². The van der Waals surface area contributed by atoms with Gasteiger partial charge < -0.3 is 10.1 Å². The van der Waals surface area contributed by atoms with Crippen LogP contribution in [0.5, 0.6) is 5.75 Å². The molecule has 0 aromatic heterocycles. The maximum atomic E-state index is 13.8. The molecule has 4 heteroatoms. The van der Waals surface area contributed by atoms with Crippen LogP contribution in [0.25, 0.3) is 0 Å². The summed E-state index contributed by atoms with van der Waals surface area (Å²) in [5, 5.41) is 3.17. The Morgan fingerprint density at radius 2 is 1.86 bits per heavy atom. The summed E-state index contributed by atoms with van der Waals surface area (Å²) in [6.45, 7) is 3.82. The van der Waals surface area contributed by atoms with Crippen molar-refractivity contribution >= 4 is 11.8 Å². The molecule has 0 spiro atoms. The van der Waals surface area contributed by atoms with Gasteiger partial charge in [-0.2, -0.15) is 0 Å². The van der Waals surface area contributed by atoms with E-state index in [1.807, 2.05) is 44.3 Å². The van der Waals surface area contributed by atoms with Gasteiger partial charge in [0.2, 0.25) is 0 Å². The highest BCUT2D eigenvalue weighted by atomic mass is 32.2. The van der Waals surface area contributed by atoms with Gasteiger partial charge in [-0.25, -0.2) is 4.39 Å². The molecule has 0 aliphatic heterocycles. The van der Waals surface area contributed by atoms with Crippen molar-refractivity contribution in [3.63, 3.8) is 0 Å². The van der Waals surface area contributed by atoms with Gasteiger partial charge in [-0.3, -0.25) is 0 Å². The van der Waals surface area contributed by atoms with Gasteiger partial charge in [-0.1, -0.05) is 11.8 Å². The SMILES string of the molecule is CNC(C)c1cc(F)c(C)cc1Sc1ccc(OC)cc1. The molecule has 2 aromatic rings. The lowest BCUT2D eigenvalue weighted by molar-refractivity contribution is 0.414. The second kappa shape index (κ2) is 6.96. The van der Waals surface area contributed by atoms with Crippen LogP contribution in [0, 0.1) is 12.7 Å². The van der Waals surface area contributed by atoms with E-state index in [9.17, 15) is 4.39 Å². The normalized spacial score (nSPS) is 12.2. The topological polar surface area (TPSA) is 21.3 Å². The van der Waals surface area contributed by atoms with Crippen LogP contribution in [0.3, 0.4) is 0 Å². The van der Waals surface area contributed by atoms with Crippen molar-refractivity contribution in [2.45, 2.75) is 29.7 Å². The number of rotatable bonds is 5. The minimum Gasteiger partial charge on any atom is -0.497 e. The molecule has 2 aromatic carbocycles. The van der Waals surface area contributed by atoms with E-state index in [2.05, 4.69) is 5.32 Å². The molecule has 0 aliphatic rings. The van der Waals surface area contributed by atoms with Crippen LogP contribution in [0.15, 0.2) is 46.2 Å². The smallest absolute Gasteiger partial charge is 0.126 e. The molecular formula is C17H20FNOS. The van der Waals surface area contributed by atoms with E-state index in [1.165, 1.54) is 0 Å². The first-order valence-electron chi connectivity index (χ1n) is 6.84. The average molecular weight is 305 g/mol. The Bertz CT molecular complexity index is 613. The average Bonchev–Trinajstić information content (AvgIpc) is 2.50. The largest absolute Gasteiger partial charge is 0.497 e. The number of hydrogen-bond acceptors (Lipinski definition) is 3. The summed E-state index contributed by atoms with van der Waals surface area (Å²) in [6.07, 6.45) is 0. The Labute approximate surface area is 129 Å². The second-order valence-electron chi connectivity index (χ2n) is 4.93. The zero-order valence-corrected chi connectivity index (χ0v) is 13.6. The van der Waals surface area contributed by atoms with Crippen LogP contribution in [0.1, 0.15) is 24.1 Å². The molecule has 1 N–H and O–H groups in total. The Hall–Kier alpha value is -1.52. The highest BCUT2D eigenvalue weighted by Gasteiger charge is 2.13. The van der Waals surface area contributed by atoms with Gasteiger partial charge in [0.05, 0.1) is 7.11 Å². The Kier molecular flexibility index (Phi) is 5.26. The van der Waals surface area contributed by atoms with E-state index in [-0.39, 0.29) is 11.9 Å². The van der Waals surface area contributed by atoms with E-state index < -0.39 is 0 Å². The van der Waals surface area contributed by atoms with Gasteiger partial charge in [-0.05, 0) is 68.4 Å². The molecule has 0 bridgehead atoms. The molecule has 0 saturated carbocycles. The highest BCUT2D eigenvalue weighted by Crippen LogP contribution is 2.35. The minimum atomic E-state index is -0.161. The van der Waals surface area contributed by atoms with Gasteiger partial charge in [-0.15, -0.1) is 0 Å². The summed E-state index contributed by atoms with van der Waals surface area (Å²) < 4.78 is 19.0. The van der Waals surface area contributed by atoms with Gasteiger partial charge >= 0.3 is 0 Å². The molecule has 0 amide bonds. The van der Waals surface area contributed by atoms with Gasteiger partial charge in [0, 0.05) is 15.8 Å². The molecule has 0 heterocycles. The molecule has 112 valence electrons. The second-order valence-corrected chi connectivity index (χ2v) is 6.04. The van der Waals surface area contributed by atoms with Crippen molar-refractivity contribution in [3.8, 4) is 5.75 Å². The molecular weight excluding hydrogens is 285 g/mol. The fourth-order valence-electron chi connectivity index (χ4n) is 2.02. The molecule has 2 rings (SSSR count). The minimum absolute atomic E-state index is 0.0980. The fraction of sp³-hybridized carbons (Fsp3) is 0.294. The maximum Gasteiger partial charge on any atom is 0.126 e. The van der Waals surface area contributed by atoms with E-state index in [0.717, 1.165) is 21.1 Å². The number of aryl methyl sites for hydroxylation is 1. The van der Waals surface area contributed by atoms with Crippen LogP contribution < -0.4 is 10.1 Å². The Morgan fingerprint density at radius 1 is 1.19 bits per heavy atom. The lowest BCUT2D eigenvalue weighted by Crippen LogP contribution is -2.13. The molecule has 0 radical (unpaired) electrons. The number of methoxy groups -OCH3 is 1. The maximum absolute atomic E-state index is 13.8. The molecule has 0 fully saturated rings. The standard InChI is InChI=1S/C17H20FNOS/c1-11-9-17(15(10-16(11)18)12(2)19-3)21-14-7-5-13(20-4)6-8-14/h5-10,12,19H,1-4H3. The zero-order chi connectivity index (χ0) is 15.4. The van der Waals surface area contributed by atoms with E-state index in [1.54, 1.807) is 31.9 Å². The zero-order valence-electron chi connectivity index (χ0n) is 12.7. The van der Waals surface area contributed by atoms with E-state index in [0.29, 0.717) is 5.56 Å². The lowest BCUT2D eigenvalue weighted by Gasteiger charge is -2.17. The van der Waals surface area contributed by atoms with E-state index >= 15 is 0 Å². The molecule has 1 unspecified atom stereocenters. The number of hydrogen-bond donors (Lipinski definition) is 1. The highest BCUT2D eigenvalue weighted by molar-refractivity contribution is 7.99. The molecule has 0 aliphatic carbocycles. The first-order valence-corrected chi connectivity index (χ1v) is 7.66. The summed E-state index contributed by atoms with van der Waals surface area (Å²) in [5.74, 6) is 0.671. The summed E-state index contributed by atoms with van der Waals surface area (Å²) in [7, 11) is 3.53. The third-order valence-corrected chi connectivity index (χ3v) is 4.56. The lowest BCUT2D eigenvalue weighted by atomic mass is 10.1. The molecule has 1 atom stereocenters. The number of ether oxygens (including phenoxy) is 1. The monoisotopic (exact) mass is 305 g/mol. The third-order valence-electron chi connectivity index (χ3n) is 3.48. The van der Waals surface area contributed by atoms with Crippen molar-refractivity contribution in [3.05, 3.63) is 53.3 Å². The van der Waals surface area contributed by atoms with Crippen LogP contribution in [0.2, 0.25) is 0 Å². The van der Waals surface area contributed by atoms with Crippen molar-refractivity contribution in [1.82, 2.24) is 5.32 Å². The van der Waals surface area contributed by atoms with Gasteiger partial charge in [0.15, 0.2) is 0 Å². The quantitative estimate of drug-likeness (QED) is 0.874. The predicted octanol–water partition coefficient (Wildman–Crippen LogP) is 4.57. The summed E-state index contributed by atoms with van der Waals surface area (Å²) >= 11 is 1.64. The van der Waals surface area contributed by atoms with Crippen molar-refractivity contribution < 1.29 is 9.13 Å². The first-order chi connectivity index (χ1) is 10.0. The number of benzene rings is 2. The fourth-order valence-corrected chi connectivity index (χ4v) is 3.14. The van der Waals surface area contributed by atoms with Crippen molar-refractivity contribution in [2.75, 3.05) is 14.2 Å². The summed E-state index contributed by atoms with van der Waals surface area (Å²) in [6, 6.07) is 11.5. The number of nitrogens with one attached hydrogen (secondary N) is 1. The van der Waals surface area contributed by atoms with Crippen molar-refractivity contribution in [2.24, 2.45) is 0 Å². The molecule has 2 nitrogen and oxygen atoms in total. The van der Waals surface area contributed by atoms with Crippen LogP contribution in [-0.2, 0) is 0 Å². The number of halogens is 1. The molecule has 0 saturated heterocycles. The Morgan fingerprint density at radius 3 is 2.43 bits per heavy atom. The predicted molar refractivity (Wildman–Crippen MR) is 85.7 cm³/mol.